The third kappa shape index (κ3) is 2.64. The quantitative estimate of drug-likeness (QED) is 0.792. The van der Waals surface area contributed by atoms with Gasteiger partial charge in [-0.1, -0.05) is 17.7 Å². The monoisotopic (exact) mass is 342 g/mol. The van der Waals surface area contributed by atoms with E-state index >= 15 is 0 Å². The van der Waals surface area contributed by atoms with E-state index in [1.165, 1.54) is 0 Å². The fourth-order valence-corrected chi connectivity index (χ4v) is 4.39. The fourth-order valence-electron chi connectivity index (χ4n) is 3.11. The first-order valence-electron chi connectivity index (χ1n) is 7.96. The first-order chi connectivity index (χ1) is 11.4. The summed E-state index contributed by atoms with van der Waals surface area (Å²) in [7, 11) is -1.53. The Morgan fingerprint density at radius 3 is 2.25 bits per heavy atom. The van der Waals surface area contributed by atoms with E-state index in [4.69, 9.17) is 5.73 Å². The van der Waals surface area contributed by atoms with Gasteiger partial charge in [0.05, 0.1) is 9.79 Å². The summed E-state index contributed by atoms with van der Waals surface area (Å²) in [5, 5.41) is 0.966. The van der Waals surface area contributed by atoms with E-state index in [0.717, 1.165) is 34.1 Å². The molecule has 0 saturated heterocycles. The molecule has 0 atom stereocenters. The number of nitrogens with two attached hydrogens (primary N) is 1. The predicted molar refractivity (Wildman–Crippen MR) is 97.0 cm³/mol. The molecule has 3 rings (SSSR count). The van der Waals surface area contributed by atoms with Crippen LogP contribution < -0.4 is 5.73 Å². The van der Waals surface area contributed by atoms with Crippen molar-refractivity contribution in [2.75, 3.05) is 6.54 Å². The number of fused-ring (bicyclic) bond motifs is 1. The lowest BCUT2D eigenvalue weighted by atomic mass is 10.1. The van der Waals surface area contributed by atoms with Gasteiger partial charge in [0.2, 0.25) is 9.84 Å². The molecule has 5 heteroatoms. The van der Waals surface area contributed by atoms with E-state index in [1.54, 1.807) is 24.3 Å². The van der Waals surface area contributed by atoms with Gasteiger partial charge in [0.15, 0.2) is 0 Å². The summed E-state index contributed by atoms with van der Waals surface area (Å²) in [6.07, 6.45) is 0.733. The Labute approximate surface area is 142 Å². The number of hydrogen-bond acceptors (Lipinski definition) is 3. The zero-order chi connectivity index (χ0) is 17.5. The van der Waals surface area contributed by atoms with Crippen molar-refractivity contribution in [2.24, 2.45) is 12.8 Å². The van der Waals surface area contributed by atoms with E-state index < -0.39 is 9.84 Å². The molecule has 4 nitrogen and oxygen atoms in total. The highest BCUT2D eigenvalue weighted by molar-refractivity contribution is 7.91. The zero-order valence-corrected chi connectivity index (χ0v) is 15.0. The van der Waals surface area contributed by atoms with Gasteiger partial charge in [-0.2, -0.15) is 0 Å². The molecular formula is C19H22N2O2S. The molecule has 0 radical (unpaired) electrons. The molecule has 1 heterocycles. The summed E-state index contributed by atoms with van der Waals surface area (Å²) < 4.78 is 27.9. The fraction of sp³-hybridized carbons (Fsp3) is 0.263. The van der Waals surface area contributed by atoms with Gasteiger partial charge < -0.3 is 10.3 Å². The molecule has 0 aliphatic carbocycles. The van der Waals surface area contributed by atoms with Crippen molar-refractivity contribution in [3.8, 4) is 0 Å². The number of nitrogens with zero attached hydrogens (tertiary/aromatic N) is 1. The number of rotatable bonds is 4. The van der Waals surface area contributed by atoms with E-state index in [1.807, 2.05) is 39.1 Å². The maximum Gasteiger partial charge on any atom is 0.206 e. The Balaban J connectivity index is 2.20. The number of sulfone groups is 1. The van der Waals surface area contributed by atoms with Crippen molar-refractivity contribution in [1.82, 2.24) is 4.57 Å². The molecule has 0 aliphatic rings. The minimum absolute atomic E-state index is 0.320. The molecule has 0 spiro atoms. The van der Waals surface area contributed by atoms with Crippen molar-refractivity contribution in [2.45, 2.75) is 30.1 Å². The molecule has 0 aliphatic heterocycles. The van der Waals surface area contributed by atoms with Gasteiger partial charge in [0, 0.05) is 23.6 Å². The Bertz CT molecular complexity index is 1000. The standard InChI is InChI=1S/C19H22N2O2S/c1-13-4-6-15(7-5-13)24(22,23)16-8-9-19-18(12-16)17(10-11-20)14(2)21(19)3/h4-9,12H,10-11,20H2,1-3H3. The average Bonchev–Trinajstić information content (AvgIpc) is 2.80. The first-order valence-corrected chi connectivity index (χ1v) is 9.44. The average molecular weight is 342 g/mol. The van der Waals surface area contributed by atoms with Crippen LogP contribution in [0.25, 0.3) is 10.9 Å². The van der Waals surface area contributed by atoms with E-state index in [9.17, 15) is 8.42 Å². The van der Waals surface area contributed by atoms with Crippen LogP contribution in [0.4, 0.5) is 0 Å². The number of benzene rings is 2. The van der Waals surface area contributed by atoms with Gasteiger partial charge in [-0.25, -0.2) is 8.42 Å². The summed E-state index contributed by atoms with van der Waals surface area (Å²) >= 11 is 0. The molecule has 3 aromatic rings. The van der Waals surface area contributed by atoms with Gasteiger partial charge in [-0.05, 0) is 62.7 Å². The van der Waals surface area contributed by atoms with Crippen LogP contribution in [-0.4, -0.2) is 19.5 Å². The number of aryl methyl sites for hydroxylation is 2. The molecule has 0 unspecified atom stereocenters. The van der Waals surface area contributed by atoms with Crippen LogP contribution in [0.2, 0.25) is 0 Å². The minimum Gasteiger partial charge on any atom is -0.348 e. The van der Waals surface area contributed by atoms with E-state index in [2.05, 4.69) is 4.57 Å². The van der Waals surface area contributed by atoms with Crippen LogP contribution in [0.15, 0.2) is 52.3 Å². The Morgan fingerprint density at radius 1 is 1.00 bits per heavy atom. The van der Waals surface area contributed by atoms with E-state index in [-0.39, 0.29) is 0 Å². The SMILES string of the molecule is Cc1ccc(S(=O)(=O)c2ccc3c(c2)c(CCN)c(C)n3C)cc1. The number of aromatic nitrogens is 1. The molecule has 0 bridgehead atoms. The molecule has 24 heavy (non-hydrogen) atoms. The molecule has 0 saturated carbocycles. The minimum atomic E-state index is -3.52. The summed E-state index contributed by atoms with van der Waals surface area (Å²) in [4.78, 5) is 0.642. The van der Waals surface area contributed by atoms with Crippen molar-refractivity contribution in [3.05, 3.63) is 59.3 Å². The first kappa shape index (κ1) is 16.7. The molecule has 0 amide bonds. The second kappa shape index (κ2) is 6.07. The van der Waals surface area contributed by atoms with Crippen molar-refractivity contribution in [1.29, 1.82) is 0 Å². The smallest absolute Gasteiger partial charge is 0.206 e. The van der Waals surface area contributed by atoms with Crippen molar-refractivity contribution in [3.63, 3.8) is 0 Å². The van der Waals surface area contributed by atoms with Crippen molar-refractivity contribution < 1.29 is 8.42 Å². The lowest BCUT2D eigenvalue weighted by molar-refractivity contribution is 0.596. The normalized spacial score (nSPS) is 12.0. The largest absolute Gasteiger partial charge is 0.348 e. The Hall–Kier alpha value is -2.11. The lowest BCUT2D eigenvalue weighted by Gasteiger charge is -2.06. The second-order valence-electron chi connectivity index (χ2n) is 6.16. The van der Waals surface area contributed by atoms with E-state index in [0.29, 0.717) is 16.3 Å². The summed E-state index contributed by atoms with van der Waals surface area (Å²) in [6.45, 7) is 4.52. The molecule has 2 N–H and O–H groups in total. The maximum absolute atomic E-state index is 12.9. The van der Waals surface area contributed by atoms with Gasteiger partial charge in [0.1, 0.15) is 0 Å². The van der Waals surface area contributed by atoms with Crippen LogP contribution in [0, 0.1) is 13.8 Å². The highest BCUT2D eigenvalue weighted by Gasteiger charge is 2.20. The Kier molecular flexibility index (Phi) is 4.24. The molecule has 1 aromatic heterocycles. The van der Waals surface area contributed by atoms with Crippen LogP contribution in [0.3, 0.4) is 0 Å². The molecule has 2 aromatic carbocycles. The summed E-state index contributed by atoms with van der Waals surface area (Å²) in [5.74, 6) is 0. The summed E-state index contributed by atoms with van der Waals surface area (Å²) in [6, 6.07) is 12.3. The van der Waals surface area contributed by atoms with Crippen LogP contribution in [0.1, 0.15) is 16.8 Å². The maximum atomic E-state index is 12.9. The van der Waals surface area contributed by atoms with Crippen molar-refractivity contribution >= 4 is 20.7 Å². The predicted octanol–water partition coefficient (Wildman–Crippen LogP) is 3.13. The molecule has 0 fully saturated rings. The summed E-state index contributed by atoms with van der Waals surface area (Å²) in [5.41, 5.74) is 10.0. The highest BCUT2D eigenvalue weighted by atomic mass is 32.2. The van der Waals surface area contributed by atoms with Gasteiger partial charge in [0.25, 0.3) is 0 Å². The van der Waals surface area contributed by atoms with Gasteiger partial charge in [-0.15, -0.1) is 0 Å². The molecule has 126 valence electrons. The van der Waals surface area contributed by atoms with Gasteiger partial charge >= 0.3 is 0 Å². The lowest BCUT2D eigenvalue weighted by Crippen LogP contribution is -2.04. The Morgan fingerprint density at radius 2 is 1.62 bits per heavy atom. The third-order valence-electron chi connectivity index (χ3n) is 4.63. The number of hydrogen-bond donors (Lipinski definition) is 1. The van der Waals surface area contributed by atoms with Crippen LogP contribution in [-0.2, 0) is 23.3 Å². The van der Waals surface area contributed by atoms with Crippen LogP contribution in [0.5, 0.6) is 0 Å². The van der Waals surface area contributed by atoms with Gasteiger partial charge in [-0.3, -0.25) is 0 Å². The highest BCUT2D eigenvalue weighted by Crippen LogP contribution is 2.30. The molecular weight excluding hydrogens is 320 g/mol. The zero-order valence-electron chi connectivity index (χ0n) is 14.2. The van der Waals surface area contributed by atoms with Crippen LogP contribution >= 0.6 is 0 Å². The second-order valence-corrected chi connectivity index (χ2v) is 8.11. The third-order valence-corrected chi connectivity index (χ3v) is 6.40. The topological polar surface area (TPSA) is 65.1 Å².